The first-order valence-electron chi connectivity index (χ1n) is 12.7. The zero-order valence-electron chi connectivity index (χ0n) is 21.3. The lowest BCUT2D eigenvalue weighted by atomic mass is 9.62. The molecule has 4 aliphatic rings. The van der Waals surface area contributed by atoms with E-state index >= 15 is 0 Å². The number of fused-ring (bicyclic) bond motifs is 2. The molecule has 2 N–H and O–H groups in total. The molecule has 1 unspecified atom stereocenters. The summed E-state index contributed by atoms with van der Waals surface area (Å²) < 4.78 is 2.16. The van der Waals surface area contributed by atoms with Gasteiger partial charge in [-0.25, -0.2) is 0 Å². The summed E-state index contributed by atoms with van der Waals surface area (Å²) in [7, 11) is 0. The third kappa shape index (κ3) is 3.31. The van der Waals surface area contributed by atoms with Gasteiger partial charge in [0.2, 0.25) is 0 Å². The Balaban J connectivity index is 1.53. The smallest absolute Gasteiger partial charge is 0.250 e. The van der Waals surface area contributed by atoms with Gasteiger partial charge in [-0.3, -0.25) is 9.48 Å². The average Bonchev–Trinajstić information content (AvgIpc) is 3.43. The van der Waals surface area contributed by atoms with Gasteiger partial charge in [0.15, 0.2) is 6.17 Å². The number of carbonyl (C=O) groups is 1. The second kappa shape index (κ2) is 7.39. The number of aromatic nitrogens is 2. The van der Waals surface area contributed by atoms with Crippen molar-refractivity contribution in [3.63, 3.8) is 0 Å². The van der Waals surface area contributed by atoms with Crippen LogP contribution in [0.2, 0.25) is 0 Å². The summed E-state index contributed by atoms with van der Waals surface area (Å²) in [4.78, 5) is 13.6. The molecule has 2 aromatic rings. The molecule has 7 nitrogen and oxygen atoms in total. The molecule has 0 saturated heterocycles. The number of aryl methyl sites for hydroxylation is 1. The van der Waals surface area contributed by atoms with E-state index < -0.39 is 5.41 Å². The van der Waals surface area contributed by atoms with Gasteiger partial charge in [-0.05, 0) is 55.7 Å². The van der Waals surface area contributed by atoms with Crippen molar-refractivity contribution in [2.24, 2.45) is 15.6 Å². The Morgan fingerprint density at radius 1 is 1.17 bits per heavy atom. The van der Waals surface area contributed by atoms with Crippen molar-refractivity contribution >= 4 is 5.91 Å². The minimum Gasteiger partial charge on any atom is -0.362 e. The topological polar surface area (TPSA) is 83.7 Å². The molecule has 4 aliphatic heterocycles. The van der Waals surface area contributed by atoms with Crippen molar-refractivity contribution in [3.8, 4) is 11.1 Å². The van der Waals surface area contributed by atoms with Crippen LogP contribution in [-0.4, -0.2) is 27.4 Å². The van der Waals surface area contributed by atoms with Gasteiger partial charge in [0.1, 0.15) is 0 Å². The fourth-order valence-electron chi connectivity index (χ4n) is 6.54. The van der Waals surface area contributed by atoms with Crippen LogP contribution in [0.4, 0.5) is 0 Å². The van der Waals surface area contributed by atoms with E-state index in [4.69, 9.17) is 5.10 Å². The van der Waals surface area contributed by atoms with Gasteiger partial charge in [-0.15, -0.1) is 0 Å². The third-order valence-electron chi connectivity index (χ3n) is 8.30. The number of amides is 1. The molecular weight excluding hydrogens is 436 g/mol. The fraction of sp³-hybridized carbons (Fsp3) is 0.500. The van der Waals surface area contributed by atoms with Crippen molar-refractivity contribution in [3.05, 3.63) is 64.8 Å². The number of azo groups is 1. The van der Waals surface area contributed by atoms with Crippen molar-refractivity contribution < 1.29 is 4.79 Å². The van der Waals surface area contributed by atoms with Gasteiger partial charge in [-0.1, -0.05) is 39.0 Å². The van der Waals surface area contributed by atoms with Gasteiger partial charge >= 0.3 is 0 Å². The third-order valence-corrected chi connectivity index (χ3v) is 8.30. The van der Waals surface area contributed by atoms with E-state index in [1.807, 2.05) is 12.4 Å². The highest BCUT2D eigenvalue weighted by Gasteiger charge is 2.53. The van der Waals surface area contributed by atoms with Crippen LogP contribution >= 0.6 is 0 Å². The number of nitrogens with zero attached hydrogens (tertiary/aromatic N) is 4. The number of rotatable bonds is 3. The normalized spacial score (nSPS) is 28.0. The van der Waals surface area contributed by atoms with E-state index in [0.29, 0.717) is 0 Å². The van der Waals surface area contributed by atoms with E-state index in [0.717, 1.165) is 60.2 Å². The summed E-state index contributed by atoms with van der Waals surface area (Å²) in [6.45, 7) is 11.9. The predicted molar refractivity (Wildman–Crippen MR) is 135 cm³/mol. The lowest BCUT2D eigenvalue weighted by Crippen LogP contribution is -2.58. The predicted octanol–water partition coefficient (Wildman–Crippen LogP) is 5.00. The molecule has 2 atom stereocenters. The first-order valence-corrected chi connectivity index (χ1v) is 12.7. The highest BCUT2D eigenvalue weighted by Crippen LogP contribution is 2.51. The molecule has 1 amide bonds. The molecule has 0 spiro atoms. The molecule has 0 bridgehead atoms. The standard InChI is InChI=1S/C28H34N6O/c1-6-28(20-16-29-33-24(20)31-21-13-27(4,5)32-25(35)23(21)28)18-9-7-8-17(12-18)19-15-30-34-11-10-26(2,3)14-22(19)34/h7-9,12,15-16,24,31H,6,10-11,13-14H2,1-5H3,(H,32,35)/t24?,28-/m1/s1. The molecule has 1 aromatic carbocycles. The summed E-state index contributed by atoms with van der Waals surface area (Å²) in [5, 5.41) is 20.3. The Morgan fingerprint density at radius 3 is 2.80 bits per heavy atom. The summed E-state index contributed by atoms with van der Waals surface area (Å²) in [6, 6.07) is 8.71. The monoisotopic (exact) mass is 470 g/mol. The number of carbonyl (C=O) groups excluding carboxylic acids is 1. The maximum atomic E-state index is 13.6. The van der Waals surface area contributed by atoms with Crippen LogP contribution in [0.25, 0.3) is 11.1 Å². The maximum absolute atomic E-state index is 13.6. The summed E-state index contributed by atoms with van der Waals surface area (Å²) in [5.41, 5.74) is 6.95. The van der Waals surface area contributed by atoms with E-state index in [1.165, 1.54) is 11.3 Å². The van der Waals surface area contributed by atoms with Crippen molar-refractivity contribution in [2.45, 2.75) is 84.0 Å². The molecule has 0 fully saturated rings. The quantitative estimate of drug-likeness (QED) is 0.662. The number of benzene rings is 1. The zero-order chi connectivity index (χ0) is 24.6. The van der Waals surface area contributed by atoms with Crippen LogP contribution in [0.1, 0.15) is 65.1 Å². The van der Waals surface area contributed by atoms with Gasteiger partial charge in [0, 0.05) is 41.0 Å². The van der Waals surface area contributed by atoms with E-state index in [2.05, 4.69) is 84.4 Å². The molecular formula is C28H34N6O. The number of hydrogen-bond donors (Lipinski definition) is 2. The zero-order valence-corrected chi connectivity index (χ0v) is 21.3. The first kappa shape index (κ1) is 22.3. The second-order valence-electron chi connectivity index (χ2n) is 11.9. The van der Waals surface area contributed by atoms with Crippen LogP contribution in [-0.2, 0) is 23.2 Å². The molecule has 6 rings (SSSR count). The second-order valence-corrected chi connectivity index (χ2v) is 11.9. The highest BCUT2D eigenvalue weighted by molar-refractivity contribution is 6.00. The van der Waals surface area contributed by atoms with Crippen LogP contribution in [0.15, 0.2) is 63.7 Å². The summed E-state index contributed by atoms with van der Waals surface area (Å²) in [5.74, 6) is -0.00749. The number of nitrogens with one attached hydrogen (secondary N) is 2. The minimum absolute atomic E-state index is 0.00749. The Kier molecular flexibility index (Phi) is 4.70. The average molecular weight is 471 g/mol. The Hall–Kier alpha value is -3.22. The first-order chi connectivity index (χ1) is 16.6. The SMILES string of the molecule is CC[C@@]1(c2cccc(-c3cnn4c3CC(C)(C)CC4)c2)C2=CN=NC2NC2=C1C(=O)NC(C)(C)C2. The Bertz CT molecular complexity index is 1330. The van der Waals surface area contributed by atoms with Crippen LogP contribution in [0.3, 0.4) is 0 Å². The molecule has 5 heterocycles. The van der Waals surface area contributed by atoms with Gasteiger partial charge in [-0.2, -0.15) is 15.3 Å². The summed E-state index contributed by atoms with van der Waals surface area (Å²) in [6.07, 6.45) is 7.27. The Morgan fingerprint density at radius 2 is 2.00 bits per heavy atom. The molecule has 182 valence electrons. The van der Waals surface area contributed by atoms with Crippen LogP contribution in [0.5, 0.6) is 0 Å². The molecule has 0 saturated carbocycles. The van der Waals surface area contributed by atoms with Crippen molar-refractivity contribution in [1.82, 2.24) is 20.4 Å². The summed E-state index contributed by atoms with van der Waals surface area (Å²) >= 11 is 0. The van der Waals surface area contributed by atoms with Gasteiger partial charge < -0.3 is 10.6 Å². The molecule has 1 aromatic heterocycles. The molecule has 0 radical (unpaired) electrons. The number of hydrogen-bond acceptors (Lipinski definition) is 5. The van der Waals surface area contributed by atoms with Gasteiger partial charge in [0.05, 0.1) is 23.4 Å². The lowest BCUT2D eigenvalue weighted by Gasteiger charge is -2.48. The fourth-order valence-corrected chi connectivity index (χ4v) is 6.54. The molecule has 35 heavy (non-hydrogen) atoms. The van der Waals surface area contributed by atoms with Crippen molar-refractivity contribution in [1.29, 1.82) is 0 Å². The molecule has 7 heteroatoms. The van der Waals surface area contributed by atoms with Gasteiger partial charge in [0.25, 0.3) is 5.91 Å². The van der Waals surface area contributed by atoms with E-state index in [-0.39, 0.29) is 23.0 Å². The Labute approximate surface area is 206 Å². The highest BCUT2D eigenvalue weighted by atomic mass is 16.2. The van der Waals surface area contributed by atoms with Crippen molar-refractivity contribution in [2.75, 3.05) is 0 Å². The van der Waals surface area contributed by atoms with E-state index in [9.17, 15) is 4.79 Å². The van der Waals surface area contributed by atoms with E-state index in [1.54, 1.807) is 0 Å². The molecule has 0 aliphatic carbocycles. The minimum atomic E-state index is -0.585. The largest absolute Gasteiger partial charge is 0.362 e. The lowest BCUT2D eigenvalue weighted by molar-refractivity contribution is -0.120. The maximum Gasteiger partial charge on any atom is 0.250 e. The van der Waals surface area contributed by atoms with Crippen LogP contribution < -0.4 is 10.6 Å². The van der Waals surface area contributed by atoms with Crippen LogP contribution in [0, 0.1) is 5.41 Å².